The minimum atomic E-state index is -0.558. The van der Waals surface area contributed by atoms with Crippen LogP contribution in [0.1, 0.15) is 83.0 Å². The Balaban J connectivity index is 1.35. The molecule has 1 N–H and O–H groups in total. The highest BCUT2D eigenvalue weighted by Gasteiger charge is 2.31. The molecule has 2 aliphatic rings. The highest BCUT2D eigenvalue weighted by Crippen LogP contribution is 2.34. The first kappa shape index (κ1) is 25.6. The van der Waals surface area contributed by atoms with Crippen LogP contribution >= 0.6 is 0 Å². The second-order valence-electron chi connectivity index (χ2n) is 12.2. The second-order valence-corrected chi connectivity index (χ2v) is 12.2. The standard InChI is InChI=1S/C30H39N7O2/c1-19(2)23-18-31-37-26(23)33-27(35-15-9-6-10-16-35)34-28(37)32-20-13-14-25-22(17-20)21-11-7-8-12-24(21)36(25)29(38)39-30(3,4)5/h7-8,11-12,18-20H,6,9-10,13-17H2,1-5H3,(H,32,33,34)/t20-/m1/s1. The van der Waals surface area contributed by atoms with Crippen molar-refractivity contribution in [2.75, 3.05) is 23.3 Å². The molecule has 6 rings (SSSR count). The van der Waals surface area contributed by atoms with Crippen molar-refractivity contribution in [3.05, 3.63) is 47.3 Å². The van der Waals surface area contributed by atoms with Crippen LogP contribution in [-0.2, 0) is 17.6 Å². The summed E-state index contributed by atoms with van der Waals surface area (Å²) in [4.78, 5) is 25.6. The third-order valence-corrected chi connectivity index (χ3v) is 7.82. The number of fused-ring (bicyclic) bond motifs is 4. The first-order valence-electron chi connectivity index (χ1n) is 14.3. The molecule has 9 nitrogen and oxygen atoms in total. The van der Waals surface area contributed by atoms with Crippen molar-refractivity contribution in [2.24, 2.45) is 0 Å². The summed E-state index contributed by atoms with van der Waals surface area (Å²) in [6.45, 7) is 12.0. The first-order chi connectivity index (χ1) is 18.7. The minimum absolute atomic E-state index is 0.148. The quantitative estimate of drug-likeness (QED) is 0.350. The summed E-state index contributed by atoms with van der Waals surface area (Å²) >= 11 is 0. The number of nitrogens with one attached hydrogen (secondary N) is 1. The molecule has 9 heteroatoms. The van der Waals surface area contributed by atoms with Crippen molar-refractivity contribution >= 4 is 34.5 Å². The Morgan fingerprint density at radius 1 is 1.10 bits per heavy atom. The van der Waals surface area contributed by atoms with E-state index >= 15 is 0 Å². The van der Waals surface area contributed by atoms with E-state index in [1.54, 1.807) is 4.57 Å². The summed E-state index contributed by atoms with van der Waals surface area (Å²) in [5.41, 5.74) is 4.60. The second kappa shape index (κ2) is 9.84. The zero-order valence-electron chi connectivity index (χ0n) is 23.7. The van der Waals surface area contributed by atoms with Gasteiger partial charge in [-0.25, -0.2) is 9.36 Å². The molecule has 0 radical (unpaired) electrons. The molecule has 0 saturated carbocycles. The number of carbonyl (C=O) groups excluding carboxylic acids is 1. The van der Waals surface area contributed by atoms with E-state index in [1.807, 2.05) is 49.7 Å². The third kappa shape index (κ3) is 4.83. The lowest BCUT2D eigenvalue weighted by Gasteiger charge is -2.28. The van der Waals surface area contributed by atoms with Crippen LogP contribution in [0.5, 0.6) is 0 Å². The smallest absolute Gasteiger partial charge is 0.419 e. The number of hydrogen-bond acceptors (Lipinski definition) is 7. The lowest BCUT2D eigenvalue weighted by atomic mass is 9.91. The number of hydrogen-bond donors (Lipinski definition) is 1. The van der Waals surface area contributed by atoms with Crippen LogP contribution in [0.4, 0.5) is 16.7 Å². The van der Waals surface area contributed by atoms with Crippen molar-refractivity contribution in [1.82, 2.24) is 24.1 Å². The number of para-hydroxylation sites is 1. The highest BCUT2D eigenvalue weighted by atomic mass is 16.6. The molecule has 1 saturated heterocycles. The summed E-state index contributed by atoms with van der Waals surface area (Å²) < 4.78 is 9.44. The predicted molar refractivity (Wildman–Crippen MR) is 154 cm³/mol. The molecule has 0 unspecified atom stereocenters. The van der Waals surface area contributed by atoms with Gasteiger partial charge in [0.2, 0.25) is 11.9 Å². The Labute approximate surface area is 229 Å². The molecule has 0 spiro atoms. The maximum absolute atomic E-state index is 13.3. The van der Waals surface area contributed by atoms with Crippen LogP contribution in [-0.4, -0.2) is 55.0 Å². The molecule has 3 aromatic heterocycles. The van der Waals surface area contributed by atoms with Gasteiger partial charge in [-0.3, -0.25) is 0 Å². The number of benzene rings is 1. The molecule has 1 atom stereocenters. The van der Waals surface area contributed by atoms with Gasteiger partial charge in [0.05, 0.1) is 11.7 Å². The summed E-state index contributed by atoms with van der Waals surface area (Å²) in [5, 5.41) is 9.53. The van der Waals surface area contributed by atoms with Gasteiger partial charge in [-0.15, -0.1) is 0 Å². The van der Waals surface area contributed by atoms with Crippen molar-refractivity contribution in [2.45, 2.75) is 90.7 Å². The van der Waals surface area contributed by atoms with E-state index < -0.39 is 5.60 Å². The molecule has 1 fully saturated rings. The number of carbonyl (C=O) groups is 1. The van der Waals surface area contributed by atoms with E-state index in [1.165, 1.54) is 24.8 Å². The molecule has 0 amide bonds. The number of aromatic nitrogens is 5. The van der Waals surface area contributed by atoms with Crippen LogP contribution in [0.3, 0.4) is 0 Å². The van der Waals surface area contributed by atoms with E-state index in [-0.39, 0.29) is 12.1 Å². The summed E-state index contributed by atoms with van der Waals surface area (Å²) in [5.74, 6) is 1.83. The number of rotatable bonds is 4. The molecule has 39 heavy (non-hydrogen) atoms. The fraction of sp³-hybridized carbons (Fsp3) is 0.533. The van der Waals surface area contributed by atoms with Crippen molar-refractivity contribution in [1.29, 1.82) is 0 Å². The first-order valence-corrected chi connectivity index (χ1v) is 14.3. The van der Waals surface area contributed by atoms with Gasteiger partial charge in [-0.1, -0.05) is 32.0 Å². The summed E-state index contributed by atoms with van der Waals surface area (Å²) in [6, 6.07) is 8.28. The maximum atomic E-state index is 13.3. The van der Waals surface area contributed by atoms with Crippen LogP contribution < -0.4 is 10.2 Å². The lowest BCUT2D eigenvalue weighted by Crippen LogP contribution is -2.33. The molecule has 1 aromatic carbocycles. The van der Waals surface area contributed by atoms with E-state index in [2.05, 4.69) is 30.1 Å². The van der Waals surface area contributed by atoms with Crippen molar-refractivity contribution in [3.8, 4) is 0 Å². The van der Waals surface area contributed by atoms with Crippen molar-refractivity contribution < 1.29 is 9.53 Å². The van der Waals surface area contributed by atoms with Gasteiger partial charge in [0.25, 0.3) is 0 Å². The van der Waals surface area contributed by atoms with Crippen LogP contribution in [0.15, 0.2) is 30.5 Å². The van der Waals surface area contributed by atoms with Crippen molar-refractivity contribution in [3.63, 3.8) is 0 Å². The third-order valence-electron chi connectivity index (χ3n) is 7.82. The molecule has 4 aromatic rings. The van der Waals surface area contributed by atoms with Gasteiger partial charge >= 0.3 is 6.09 Å². The fourth-order valence-corrected chi connectivity index (χ4v) is 5.95. The van der Waals surface area contributed by atoms with Crippen LogP contribution in [0.25, 0.3) is 16.6 Å². The molecule has 1 aliphatic carbocycles. The monoisotopic (exact) mass is 529 g/mol. The zero-order chi connectivity index (χ0) is 27.3. The highest BCUT2D eigenvalue weighted by molar-refractivity contribution is 5.94. The average Bonchev–Trinajstić information content (AvgIpc) is 3.48. The van der Waals surface area contributed by atoms with E-state index in [9.17, 15) is 4.79 Å². The molecular weight excluding hydrogens is 490 g/mol. The molecule has 1 aliphatic heterocycles. The maximum Gasteiger partial charge on any atom is 0.419 e. The topological polar surface area (TPSA) is 89.6 Å². The zero-order valence-corrected chi connectivity index (χ0v) is 23.7. The molecule has 0 bridgehead atoms. The van der Waals surface area contributed by atoms with Gasteiger partial charge in [0.1, 0.15) is 5.60 Å². The lowest BCUT2D eigenvalue weighted by molar-refractivity contribution is 0.0539. The van der Waals surface area contributed by atoms with Gasteiger partial charge in [-0.2, -0.15) is 19.6 Å². The SMILES string of the molecule is CC(C)c1cnn2c(N[C@@H]3CCc4c(c5ccccc5n4C(=O)OC(C)(C)C)C3)nc(N3CCCCC3)nc12. The van der Waals surface area contributed by atoms with Crippen LogP contribution in [0.2, 0.25) is 0 Å². The molecular formula is C30H39N7O2. The minimum Gasteiger partial charge on any atom is -0.443 e. The Bertz CT molecular complexity index is 1520. The Hall–Kier alpha value is -3.62. The summed E-state index contributed by atoms with van der Waals surface area (Å²) in [6.07, 6.45) is 7.63. The Morgan fingerprint density at radius 3 is 2.62 bits per heavy atom. The van der Waals surface area contributed by atoms with Crippen LogP contribution in [0, 0.1) is 0 Å². The fourth-order valence-electron chi connectivity index (χ4n) is 5.95. The van der Waals surface area contributed by atoms with Gasteiger partial charge in [0.15, 0.2) is 5.65 Å². The van der Waals surface area contributed by atoms with E-state index in [4.69, 9.17) is 19.8 Å². The predicted octanol–water partition coefficient (Wildman–Crippen LogP) is 5.95. The molecule has 206 valence electrons. The molecule has 4 heterocycles. The Morgan fingerprint density at radius 2 is 1.87 bits per heavy atom. The van der Waals surface area contributed by atoms with Gasteiger partial charge < -0.3 is 15.0 Å². The Kier molecular flexibility index (Phi) is 6.47. The number of anilines is 2. The van der Waals surface area contributed by atoms with Gasteiger partial charge in [0, 0.05) is 35.8 Å². The number of ether oxygens (including phenoxy) is 1. The summed E-state index contributed by atoms with van der Waals surface area (Å²) in [7, 11) is 0. The largest absolute Gasteiger partial charge is 0.443 e. The number of piperidine rings is 1. The average molecular weight is 530 g/mol. The normalized spacial score (nSPS) is 18.1. The van der Waals surface area contributed by atoms with E-state index in [0.717, 1.165) is 72.1 Å². The number of nitrogens with zero attached hydrogens (tertiary/aromatic N) is 6. The van der Waals surface area contributed by atoms with E-state index in [0.29, 0.717) is 5.92 Å². The van der Waals surface area contributed by atoms with Gasteiger partial charge in [-0.05, 0) is 76.8 Å².